The molecule has 2 N–H and O–H groups in total. The van der Waals surface area contributed by atoms with Gasteiger partial charge in [0.1, 0.15) is 6.10 Å². The maximum atomic E-state index is 13.2. The number of benzene rings is 2. The Labute approximate surface area is 223 Å². The molecule has 202 valence electrons. The third-order valence-electron chi connectivity index (χ3n) is 9.30. The predicted molar refractivity (Wildman–Crippen MR) is 133 cm³/mol. The summed E-state index contributed by atoms with van der Waals surface area (Å²) in [7, 11) is 3.43. The van der Waals surface area contributed by atoms with Crippen LogP contribution in [0.15, 0.2) is 36.4 Å². The van der Waals surface area contributed by atoms with Gasteiger partial charge in [-0.15, -0.1) is 0 Å². The van der Waals surface area contributed by atoms with Gasteiger partial charge in [0.25, 0.3) is 5.91 Å². The standard InChI is InChI=1S/C29H26F3N3O4/c1-34-19(15-33)14-27-24-17-6-9-21(36)25(24)39-26(27)20(11-12-28(27,38)22(34)13-17)35(2)23(37)10-5-16-3-7-18(8-4-16)29(30,31)32/h3-4,6-9,19-20,22,26,36,38H,11-14H2,1-2H3/t19?,20-,22+,26-,27-,28+/m0/s1. The quantitative estimate of drug-likeness (QED) is 0.543. The molecule has 2 bridgehead atoms. The third-order valence-corrected chi connectivity index (χ3v) is 9.30. The van der Waals surface area contributed by atoms with Gasteiger partial charge < -0.3 is 19.8 Å². The fraction of sp³-hybridized carbons (Fsp3) is 0.448. The normalized spacial score (nSPS) is 32.2. The van der Waals surface area contributed by atoms with Crippen molar-refractivity contribution in [1.29, 1.82) is 5.26 Å². The van der Waals surface area contributed by atoms with Crippen molar-refractivity contribution >= 4 is 5.91 Å². The number of nitriles is 1. The number of phenolic OH excluding ortho intramolecular Hbond substituents is 1. The van der Waals surface area contributed by atoms with Crippen molar-refractivity contribution in [3.8, 4) is 29.4 Å². The lowest BCUT2D eigenvalue weighted by atomic mass is 9.47. The van der Waals surface area contributed by atoms with Crippen LogP contribution in [0.4, 0.5) is 13.2 Å². The van der Waals surface area contributed by atoms with Crippen LogP contribution in [0.3, 0.4) is 0 Å². The molecule has 1 spiro atoms. The van der Waals surface area contributed by atoms with E-state index >= 15 is 0 Å². The van der Waals surface area contributed by atoms with Crippen LogP contribution in [0.1, 0.15) is 41.5 Å². The topological polar surface area (TPSA) is 97.0 Å². The number of piperidine rings is 1. The fourth-order valence-corrected chi connectivity index (χ4v) is 7.40. The van der Waals surface area contributed by atoms with Crippen LogP contribution < -0.4 is 4.74 Å². The number of halogens is 3. The monoisotopic (exact) mass is 537 g/mol. The van der Waals surface area contributed by atoms with Crippen molar-refractivity contribution in [2.24, 2.45) is 0 Å². The average molecular weight is 538 g/mol. The molecule has 0 radical (unpaired) electrons. The fourth-order valence-electron chi connectivity index (χ4n) is 7.40. The van der Waals surface area contributed by atoms with Gasteiger partial charge in [0, 0.05) is 30.1 Å². The number of aliphatic hydroxyl groups is 1. The molecular weight excluding hydrogens is 511 g/mol. The van der Waals surface area contributed by atoms with Gasteiger partial charge in [-0.2, -0.15) is 18.4 Å². The van der Waals surface area contributed by atoms with Gasteiger partial charge in [-0.3, -0.25) is 9.69 Å². The highest BCUT2D eigenvalue weighted by Crippen LogP contribution is 2.66. The first-order chi connectivity index (χ1) is 18.4. The molecule has 0 aromatic heterocycles. The van der Waals surface area contributed by atoms with Crippen LogP contribution >= 0.6 is 0 Å². The van der Waals surface area contributed by atoms with Crippen LogP contribution in [-0.4, -0.2) is 69.8 Å². The SMILES string of the molecule is CN(C(=O)C#Cc1ccc(C(F)(F)F)cc1)[C@H]1CC[C@@]2(O)[C@H]3Cc4ccc(O)c5c4[C@@]2(CC(C#N)N3C)[C@H]1O5. The Morgan fingerprint density at radius 2 is 1.95 bits per heavy atom. The van der Waals surface area contributed by atoms with Crippen molar-refractivity contribution in [1.82, 2.24) is 9.80 Å². The van der Waals surface area contributed by atoms with Crippen LogP contribution in [-0.2, 0) is 22.8 Å². The van der Waals surface area contributed by atoms with Gasteiger partial charge in [0.05, 0.1) is 34.7 Å². The molecule has 2 aromatic carbocycles. The molecule has 2 aliphatic carbocycles. The van der Waals surface area contributed by atoms with Crippen LogP contribution in [0.5, 0.6) is 11.5 Å². The highest BCUT2D eigenvalue weighted by atomic mass is 19.4. The molecule has 2 aromatic rings. The van der Waals surface area contributed by atoms with Crippen LogP contribution in [0.25, 0.3) is 0 Å². The van der Waals surface area contributed by atoms with Gasteiger partial charge in [-0.25, -0.2) is 0 Å². The summed E-state index contributed by atoms with van der Waals surface area (Å²) in [6.07, 6.45) is -3.66. The van der Waals surface area contributed by atoms with Gasteiger partial charge in [0.15, 0.2) is 11.5 Å². The number of nitrogens with zero attached hydrogens (tertiary/aromatic N) is 3. The summed E-state index contributed by atoms with van der Waals surface area (Å²) in [6, 6.07) is 8.66. The van der Waals surface area contributed by atoms with Crippen LogP contribution in [0, 0.1) is 23.2 Å². The molecular formula is C29H26F3N3O4. The second kappa shape index (κ2) is 8.38. The zero-order chi connectivity index (χ0) is 27.9. The molecule has 39 heavy (non-hydrogen) atoms. The molecule has 7 nitrogen and oxygen atoms in total. The van der Waals surface area contributed by atoms with Crippen molar-refractivity contribution in [3.63, 3.8) is 0 Å². The minimum absolute atomic E-state index is 0.0550. The highest BCUT2D eigenvalue weighted by Gasteiger charge is 2.74. The summed E-state index contributed by atoms with van der Waals surface area (Å²) in [6.45, 7) is 0. The first-order valence-corrected chi connectivity index (χ1v) is 12.7. The van der Waals surface area contributed by atoms with E-state index < -0.39 is 46.9 Å². The third kappa shape index (κ3) is 3.41. The highest BCUT2D eigenvalue weighted by molar-refractivity contribution is 5.94. The average Bonchev–Trinajstić information content (AvgIpc) is 3.25. The number of aromatic hydroxyl groups is 1. The largest absolute Gasteiger partial charge is 0.504 e. The van der Waals surface area contributed by atoms with Gasteiger partial charge in [0.2, 0.25) is 0 Å². The van der Waals surface area contributed by atoms with E-state index in [2.05, 4.69) is 17.9 Å². The van der Waals surface area contributed by atoms with Crippen molar-refractivity contribution in [2.45, 2.75) is 67.1 Å². The first-order valence-electron chi connectivity index (χ1n) is 12.7. The number of likely N-dealkylation sites (N-methyl/N-ethyl adjacent to an activating group) is 2. The Bertz CT molecular complexity index is 1470. The molecule has 6 atom stereocenters. The van der Waals surface area contributed by atoms with E-state index in [4.69, 9.17) is 4.74 Å². The van der Waals surface area contributed by atoms with Crippen molar-refractivity contribution < 1.29 is 32.9 Å². The molecule has 2 fully saturated rings. The summed E-state index contributed by atoms with van der Waals surface area (Å²) in [5.74, 6) is 4.84. The summed E-state index contributed by atoms with van der Waals surface area (Å²) in [5, 5.41) is 33.0. The number of carbonyl (C=O) groups is 1. The number of ether oxygens (including phenoxy) is 1. The number of hydrogen-bond acceptors (Lipinski definition) is 6. The first kappa shape index (κ1) is 25.5. The second-order valence-corrected chi connectivity index (χ2v) is 11.0. The smallest absolute Gasteiger partial charge is 0.416 e. The molecule has 10 heteroatoms. The maximum Gasteiger partial charge on any atom is 0.416 e. The number of alkyl halides is 3. The lowest BCUT2D eigenvalue weighted by molar-refractivity contribution is -0.202. The van der Waals surface area contributed by atoms with E-state index in [0.29, 0.717) is 25.0 Å². The Balaban J connectivity index is 1.36. The zero-order valence-corrected chi connectivity index (χ0v) is 21.3. The summed E-state index contributed by atoms with van der Waals surface area (Å²) < 4.78 is 45.0. The summed E-state index contributed by atoms with van der Waals surface area (Å²) in [5.41, 5.74) is -1.11. The minimum atomic E-state index is -4.46. The van der Waals surface area contributed by atoms with Gasteiger partial charge >= 0.3 is 6.18 Å². The molecule has 1 saturated carbocycles. The van der Waals surface area contributed by atoms with Gasteiger partial charge in [-0.1, -0.05) is 12.0 Å². The number of hydrogen-bond donors (Lipinski definition) is 2. The molecule has 1 unspecified atom stereocenters. The summed E-state index contributed by atoms with van der Waals surface area (Å²) >= 11 is 0. The number of likely N-dealkylation sites (tertiary alicyclic amines) is 1. The Kier molecular flexibility index (Phi) is 5.49. The predicted octanol–water partition coefficient (Wildman–Crippen LogP) is 2.97. The van der Waals surface area contributed by atoms with E-state index in [1.807, 2.05) is 18.0 Å². The molecule has 2 heterocycles. The summed E-state index contributed by atoms with van der Waals surface area (Å²) in [4.78, 5) is 16.6. The number of phenols is 1. The van der Waals surface area contributed by atoms with Gasteiger partial charge in [-0.05, 0) is 68.6 Å². The number of carbonyl (C=O) groups excluding carboxylic acids is 1. The Morgan fingerprint density at radius 1 is 1.23 bits per heavy atom. The van der Waals surface area contributed by atoms with Crippen molar-refractivity contribution in [3.05, 3.63) is 58.7 Å². The zero-order valence-electron chi connectivity index (χ0n) is 21.3. The van der Waals surface area contributed by atoms with Crippen LogP contribution in [0.2, 0.25) is 0 Å². The van der Waals surface area contributed by atoms with Crippen molar-refractivity contribution in [2.75, 3.05) is 14.1 Å². The minimum Gasteiger partial charge on any atom is -0.504 e. The Morgan fingerprint density at radius 3 is 2.62 bits per heavy atom. The van der Waals surface area contributed by atoms with E-state index in [-0.39, 0.29) is 23.8 Å². The second-order valence-electron chi connectivity index (χ2n) is 11.0. The van der Waals surface area contributed by atoms with E-state index in [9.17, 15) is 33.4 Å². The number of amides is 1. The van der Waals surface area contributed by atoms with E-state index in [1.165, 1.54) is 17.0 Å². The molecule has 4 aliphatic rings. The number of rotatable bonds is 1. The van der Waals surface area contributed by atoms with E-state index in [0.717, 1.165) is 23.3 Å². The molecule has 2 aliphatic heterocycles. The molecule has 6 rings (SSSR count). The lowest BCUT2D eigenvalue weighted by Crippen LogP contribution is -2.79. The molecule has 1 amide bonds. The maximum absolute atomic E-state index is 13.2. The van der Waals surface area contributed by atoms with E-state index in [1.54, 1.807) is 13.1 Å². The lowest BCUT2D eigenvalue weighted by Gasteiger charge is -2.65. The Hall–Kier alpha value is -3.73. The molecule has 1 saturated heterocycles.